The standard InChI is InChI=1S/C26H24IN3O4/c1-16-23(25(31)29-20-11-9-19(27)10-12-20)24(30-26(32)28-16)18-8-13-21(22(14-18)33-2)34-15-17-6-4-3-5-7-17/h3-14,24H,15H2,1-2H3,(H,29,31)(H2,28,30,32)/t24-/m0/s1. The highest BCUT2D eigenvalue weighted by Gasteiger charge is 2.31. The Morgan fingerprint density at radius 3 is 2.47 bits per heavy atom. The summed E-state index contributed by atoms with van der Waals surface area (Å²) >= 11 is 2.21. The average molecular weight is 569 g/mol. The number of anilines is 1. The highest BCUT2D eigenvalue weighted by atomic mass is 127. The Kier molecular flexibility index (Phi) is 7.36. The van der Waals surface area contributed by atoms with Gasteiger partial charge in [0, 0.05) is 15.0 Å². The van der Waals surface area contributed by atoms with Gasteiger partial charge in [0.05, 0.1) is 18.7 Å². The number of hydrogen-bond donors (Lipinski definition) is 3. The van der Waals surface area contributed by atoms with Gasteiger partial charge in [-0.1, -0.05) is 36.4 Å². The topological polar surface area (TPSA) is 88.7 Å². The number of nitrogens with one attached hydrogen (secondary N) is 3. The van der Waals surface area contributed by atoms with Crippen LogP contribution < -0.4 is 25.4 Å². The largest absolute Gasteiger partial charge is 0.493 e. The Bertz CT molecular complexity index is 1230. The summed E-state index contributed by atoms with van der Waals surface area (Å²) in [6.07, 6.45) is 0. The molecule has 0 aromatic heterocycles. The fourth-order valence-electron chi connectivity index (χ4n) is 3.69. The second-order valence-electron chi connectivity index (χ2n) is 7.72. The van der Waals surface area contributed by atoms with Crippen LogP contribution in [-0.4, -0.2) is 19.0 Å². The summed E-state index contributed by atoms with van der Waals surface area (Å²) in [5.41, 5.74) is 3.31. The highest BCUT2D eigenvalue weighted by Crippen LogP contribution is 2.35. The van der Waals surface area contributed by atoms with Gasteiger partial charge in [-0.3, -0.25) is 4.79 Å². The van der Waals surface area contributed by atoms with Crippen LogP contribution in [0.3, 0.4) is 0 Å². The second kappa shape index (κ2) is 10.6. The normalized spacial score (nSPS) is 15.3. The maximum atomic E-state index is 13.2. The summed E-state index contributed by atoms with van der Waals surface area (Å²) in [4.78, 5) is 25.5. The molecule has 3 aromatic carbocycles. The third-order valence-corrected chi connectivity index (χ3v) is 6.09. The maximum absolute atomic E-state index is 13.2. The van der Waals surface area contributed by atoms with Crippen LogP contribution in [0.15, 0.2) is 84.1 Å². The van der Waals surface area contributed by atoms with Gasteiger partial charge < -0.3 is 25.4 Å². The summed E-state index contributed by atoms with van der Waals surface area (Å²) in [6, 6.07) is 21.7. The van der Waals surface area contributed by atoms with E-state index in [1.165, 1.54) is 0 Å². The quantitative estimate of drug-likeness (QED) is 0.344. The van der Waals surface area contributed by atoms with E-state index in [-0.39, 0.29) is 11.9 Å². The van der Waals surface area contributed by atoms with Crippen molar-refractivity contribution in [2.75, 3.05) is 12.4 Å². The number of hydrogen-bond acceptors (Lipinski definition) is 4. The lowest BCUT2D eigenvalue weighted by Crippen LogP contribution is -2.46. The molecule has 1 aliphatic rings. The predicted octanol–water partition coefficient (Wildman–Crippen LogP) is 5.15. The van der Waals surface area contributed by atoms with Crippen LogP contribution >= 0.6 is 22.6 Å². The van der Waals surface area contributed by atoms with Crippen LogP contribution in [0.4, 0.5) is 10.5 Å². The molecule has 1 heterocycles. The number of methoxy groups -OCH3 is 1. The summed E-state index contributed by atoms with van der Waals surface area (Å²) in [5, 5.41) is 8.46. The molecule has 0 radical (unpaired) electrons. The van der Waals surface area contributed by atoms with Gasteiger partial charge >= 0.3 is 6.03 Å². The molecule has 0 spiro atoms. The van der Waals surface area contributed by atoms with Gasteiger partial charge in [-0.25, -0.2) is 4.79 Å². The van der Waals surface area contributed by atoms with Gasteiger partial charge in [-0.15, -0.1) is 0 Å². The van der Waals surface area contributed by atoms with Gasteiger partial charge in [-0.2, -0.15) is 0 Å². The Labute approximate surface area is 211 Å². The first kappa shape index (κ1) is 23.6. The molecule has 8 heteroatoms. The van der Waals surface area contributed by atoms with Crippen LogP contribution in [0, 0.1) is 3.57 Å². The van der Waals surface area contributed by atoms with Crippen LogP contribution in [0.2, 0.25) is 0 Å². The van der Waals surface area contributed by atoms with Crippen molar-refractivity contribution < 1.29 is 19.1 Å². The van der Waals surface area contributed by atoms with Crippen LogP contribution in [0.1, 0.15) is 24.1 Å². The smallest absolute Gasteiger partial charge is 0.319 e. The second-order valence-corrected chi connectivity index (χ2v) is 8.96. The van der Waals surface area contributed by atoms with Crippen LogP contribution in [-0.2, 0) is 11.4 Å². The first-order valence-corrected chi connectivity index (χ1v) is 11.7. The van der Waals surface area contributed by atoms with Gasteiger partial charge in [0.2, 0.25) is 0 Å². The first-order chi connectivity index (χ1) is 16.4. The lowest BCUT2D eigenvalue weighted by molar-refractivity contribution is -0.113. The highest BCUT2D eigenvalue weighted by molar-refractivity contribution is 14.1. The number of allylic oxidation sites excluding steroid dienone is 1. The van der Waals surface area contributed by atoms with Crippen LogP contribution in [0.5, 0.6) is 11.5 Å². The number of urea groups is 1. The molecule has 3 aromatic rings. The summed E-state index contributed by atoms with van der Waals surface area (Å²) in [5.74, 6) is 0.775. The molecule has 0 bridgehead atoms. The fourth-order valence-corrected chi connectivity index (χ4v) is 4.05. The SMILES string of the molecule is COc1cc([C@@H]2NC(=O)NC(C)=C2C(=O)Nc2ccc(I)cc2)ccc1OCc1ccccc1. The molecule has 174 valence electrons. The van der Waals surface area contributed by atoms with Crippen molar-refractivity contribution in [2.24, 2.45) is 0 Å². The third-order valence-electron chi connectivity index (χ3n) is 5.37. The molecule has 3 amide bonds. The van der Waals surface area contributed by atoms with Gasteiger partial charge in [0.1, 0.15) is 6.61 Å². The Balaban J connectivity index is 1.59. The number of benzene rings is 3. The molecule has 0 fully saturated rings. The Hall–Kier alpha value is -3.53. The monoisotopic (exact) mass is 569 g/mol. The first-order valence-electron chi connectivity index (χ1n) is 10.6. The summed E-state index contributed by atoms with van der Waals surface area (Å²) in [6.45, 7) is 2.10. The molecule has 3 N–H and O–H groups in total. The maximum Gasteiger partial charge on any atom is 0.319 e. The molecule has 4 rings (SSSR count). The van der Waals surface area contributed by atoms with Crippen molar-refractivity contribution in [3.05, 3.63) is 98.8 Å². The van der Waals surface area contributed by atoms with E-state index < -0.39 is 6.04 Å². The number of rotatable bonds is 7. The number of halogens is 1. The Morgan fingerprint density at radius 1 is 1.03 bits per heavy atom. The van der Waals surface area contributed by atoms with Crippen LogP contribution in [0.25, 0.3) is 0 Å². The number of amides is 3. The van der Waals surface area contributed by atoms with E-state index in [2.05, 4.69) is 38.5 Å². The minimum Gasteiger partial charge on any atom is -0.493 e. The molecule has 1 aliphatic heterocycles. The fraction of sp³-hybridized carbons (Fsp3) is 0.154. The van der Waals surface area contributed by atoms with E-state index in [1.807, 2.05) is 60.7 Å². The third kappa shape index (κ3) is 5.51. The number of ether oxygens (including phenoxy) is 2. The van der Waals surface area contributed by atoms with Crippen molar-refractivity contribution in [1.29, 1.82) is 0 Å². The molecule has 1 atom stereocenters. The predicted molar refractivity (Wildman–Crippen MR) is 139 cm³/mol. The van der Waals surface area contributed by atoms with Gasteiger partial charge in [0.15, 0.2) is 11.5 Å². The van der Waals surface area contributed by atoms with E-state index in [0.29, 0.717) is 40.6 Å². The zero-order chi connectivity index (χ0) is 24.1. The zero-order valence-electron chi connectivity index (χ0n) is 18.7. The van der Waals surface area contributed by atoms with E-state index in [4.69, 9.17) is 9.47 Å². The lowest BCUT2D eigenvalue weighted by atomic mass is 9.94. The van der Waals surface area contributed by atoms with E-state index in [0.717, 1.165) is 9.13 Å². The summed E-state index contributed by atoms with van der Waals surface area (Å²) in [7, 11) is 1.56. The molecule has 34 heavy (non-hydrogen) atoms. The molecule has 0 saturated carbocycles. The van der Waals surface area contributed by atoms with Crippen molar-refractivity contribution in [1.82, 2.24) is 10.6 Å². The van der Waals surface area contributed by atoms with E-state index in [9.17, 15) is 9.59 Å². The van der Waals surface area contributed by atoms with E-state index in [1.54, 1.807) is 26.2 Å². The minimum atomic E-state index is -0.658. The number of carbonyl (C=O) groups is 2. The molecular formula is C26H24IN3O4. The average Bonchev–Trinajstić information content (AvgIpc) is 2.84. The molecule has 0 unspecified atom stereocenters. The van der Waals surface area contributed by atoms with Gasteiger partial charge in [-0.05, 0) is 77.0 Å². The Morgan fingerprint density at radius 2 is 1.76 bits per heavy atom. The van der Waals surface area contributed by atoms with Gasteiger partial charge in [0.25, 0.3) is 5.91 Å². The number of carbonyl (C=O) groups excluding carboxylic acids is 2. The molecule has 0 aliphatic carbocycles. The molecule has 0 saturated heterocycles. The molecule has 7 nitrogen and oxygen atoms in total. The van der Waals surface area contributed by atoms with Crippen molar-refractivity contribution in [3.8, 4) is 11.5 Å². The minimum absolute atomic E-state index is 0.306. The van der Waals surface area contributed by atoms with E-state index >= 15 is 0 Å². The van der Waals surface area contributed by atoms with Crippen molar-refractivity contribution >= 4 is 40.2 Å². The summed E-state index contributed by atoms with van der Waals surface area (Å²) < 4.78 is 12.6. The lowest BCUT2D eigenvalue weighted by Gasteiger charge is -2.29. The van der Waals surface area contributed by atoms with Crippen molar-refractivity contribution in [3.63, 3.8) is 0 Å². The zero-order valence-corrected chi connectivity index (χ0v) is 20.9. The molecular weight excluding hydrogens is 545 g/mol. The van der Waals surface area contributed by atoms with Crippen molar-refractivity contribution in [2.45, 2.75) is 19.6 Å².